The van der Waals surface area contributed by atoms with Crippen LogP contribution in [0.4, 0.5) is 0 Å². The Morgan fingerprint density at radius 2 is 0.944 bits per heavy atom. The third-order valence-electron chi connectivity index (χ3n) is 1.29. The van der Waals surface area contributed by atoms with E-state index < -0.39 is 36.4 Å². The Morgan fingerprint density at radius 1 is 0.722 bits per heavy atom. The molecule has 0 aliphatic heterocycles. The summed E-state index contributed by atoms with van der Waals surface area (Å²) in [5.41, 5.74) is -2.74. The molecule has 0 heterocycles. The number of carboxylic acid groups (broad SMARTS) is 3. The maximum absolute atomic E-state index is 10.3. The van der Waals surface area contributed by atoms with Gasteiger partial charge in [-0.25, -0.2) is 4.79 Å². The van der Waals surface area contributed by atoms with Crippen molar-refractivity contribution in [3.63, 3.8) is 0 Å². The van der Waals surface area contributed by atoms with Crippen LogP contribution < -0.4 is 257 Å². The predicted molar refractivity (Wildman–Crippen MR) is 37.1 cm³/mol. The minimum atomic E-state index is -2.74. The van der Waals surface area contributed by atoms with Gasteiger partial charge < -0.3 is 20.4 Å². The Hall–Kier alpha value is 6.55. The molecule has 0 rings (SSSR count). The maximum Gasteiger partial charge on any atom is 1.00 e. The molecule has 12 heteroatoms. The van der Waals surface area contributed by atoms with Gasteiger partial charge in [-0.15, -0.1) is 0 Å². The minimum absolute atomic E-state index is 0. The summed E-state index contributed by atoms with van der Waals surface area (Å²) in [6.07, 6.45) is -2.29. The summed E-state index contributed by atoms with van der Waals surface area (Å²) in [6.45, 7) is 0. The van der Waals surface area contributed by atoms with Gasteiger partial charge in [-0.05, 0) is 0 Å². The van der Waals surface area contributed by atoms with E-state index in [1.807, 2.05) is 0 Å². The van der Waals surface area contributed by atoms with Gasteiger partial charge in [0.1, 0.15) is 0 Å². The van der Waals surface area contributed by atoms with Gasteiger partial charge >= 0.3 is 275 Å². The van der Waals surface area contributed by atoms with Gasteiger partial charge in [0.15, 0.2) is 5.60 Å². The molecule has 18 heavy (non-hydrogen) atoms. The summed E-state index contributed by atoms with van der Waals surface area (Å²) in [5.74, 6) is -5.02. The topological polar surface area (TPSA) is 132 Å². The summed E-state index contributed by atoms with van der Waals surface area (Å²) < 4.78 is 0. The molecule has 0 amide bonds. The first-order valence-corrected chi connectivity index (χ1v) is 3.17. The van der Waals surface area contributed by atoms with Crippen LogP contribution in [0.3, 0.4) is 0 Å². The summed E-state index contributed by atoms with van der Waals surface area (Å²) >= 11 is 0. The van der Waals surface area contributed by atoms with E-state index in [0.29, 0.717) is 0 Å². The number of carbonyl (C=O) groups is 3. The largest absolute Gasteiger partial charge is 1.00 e. The van der Waals surface area contributed by atoms with E-state index in [-0.39, 0.29) is 257 Å². The molecule has 0 atom stereocenters. The van der Waals surface area contributed by atoms with E-state index in [1.54, 1.807) is 0 Å². The second kappa shape index (κ2) is 21.6. The third kappa shape index (κ3) is 20.6. The molecule has 7 nitrogen and oxygen atoms in total. The van der Waals surface area contributed by atoms with E-state index in [2.05, 4.69) is 0 Å². The zero-order valence-electron chi connectivity index (χ0n) is 11.4. The van der Waals surface area contributed by atoms with Crippen molar-refractivity contribution in [3.05, 3.63) is 0 Å². The van der Waals surface area contributed by atoms with Crippen LogP contribution in [0.5, 0.6) is 0 Å². The molecule has 0 aliphatic carbocycles. The molecule has 0 aromatic carbocycles. The molecule has 0 spiro atoms. The van der Waals surface area contributed by atoms with Crippen molar-refractivity contribution in [1.29, 1.82) is 0 Å². The Kier molecular flexibility index (Phi) is 47.5. The van der Waals surface area contributed by atoms with Crippen molar-refractivity contribution in [2.45, 2.75) is 18.4 Å². The second-order valence-corrected chi connectivity index (χ2v) is 2.48. The Morgan fingerprint density at radius 3 is 1.06 bits per heavy atom. The van der Waals surface area contributed by atoms with Gasteiger partial charge in [0, 0.05) is 0 Å². The van der Waals surface area contributed by atoms with Gasteiger partial charge in [-0.3, -0.25) is 9.59 Å². The summed E-state index contributed by atoms with van der Waals surface area (Å²) in [4.78, 5) is 30.5. The van der Waals surface area contributed by atoms with Crippen LogP contribution in [0.25, 0.3) is 0 Å². The van der Waals surface area contributed by atoms with Crippen LogP contribution in [0.2, 0.25) is 0 Å². The average Bonchev–Trinajstić information content (AvgIpc) is 1.82. The van der Waals surface area contributed by atoms with Crippen molar-refractivity contribution in [1.82, 2.24) is 0 Å². The van der Waals surface area contributed by atoms with Gasteiger partial charge in [-0.2, -0.15) is 0 Å². The van der Waals surface area contributed by atoms with Crippen molar-refractivity contribution in [2.75, 3.05) is 0 Å². The van der Waals surface area contributed by atoms with E-state index in [4.69, 9.17) is 20.4 Å². The molecule has 0 saturated heterocycles. The molecule has 0 saturated carbocycles. The van der Waals surface area contributed by atoms with Crippen LogP contribution in [-0.2, 0) is 14.4 Å². The van der Waals surface area contributed by atoms with Crippen molar-refractivity contribution >= 4 is 17.9 Å². The standard InChI is InChI=1S/C6H8O7.5K/c7-3(8)1-6(13,5(11)12)2-4(9)10;;;;;/h13H,1-2H2,(H,7,8)(H,9,10)(H,11,12);;;;;/q;5*+1. The molecule has 74 valence electrons. The summed E-state index contributed by atoms with van der Waals surface area (Å²) in [6, 6.07) is 0. The number of rotatable bonds is 5. The SMILES string of the molecule is O=C(O)CC(O)(CC(=O)O)C(=O)O.[K+].[K+].[K+].[K+].[K+]. The van der Waals surface area contributed by atoms with Gasteiger partial charge in [0.25, 0.3) is 0 Å². The molecule has 0 unspecified atom stereocenters. The summed E-state index contributed by atoms with van der Waals surface area (Å²) in [7, 11) is 0. The fourth-order valence-electron chi connectivity index (χ4n) is 0.714. The van der Waals surface area contributed by atoms with Crippen molar-refractivity contribution < 1.29 is 292 Å². The maximum atomic E-state index is 10.3. The van der Waals surface area contributed by atoms with Gasteiger partial charge in [0.05, 0.1) is 12.8 Å². The first-order valence-electron chi connectivity index (χ1n) is 3.17. The minimum Gasteiger partial charge on any atom is -0.481 e. The Balaban J connectivity index is -0.0000000720. The van der Waals surface area contributed by atoms with E-state index in [9.17, 15) is 14.4 Å². The molecule has 0 bridgehead atoms. The Bertz CT molecular complexity index is 243. The van der Waals surface area contributed by atoms with E-state index in [0.717, 1.165) is 0 Å². The monoisotopic (exact) mass is 387 g/mol. The number of hydrogen-bond donors (Lipinski definition) is 4. The van der Waals surface area contributed by atoms with E-state index in [1.165, 1.54) is 0 Å². The van der Waals surface area contributed by atoms with Crippen LogP contribution in [0, 0.1) is 0 Å². The molecule has 0 aromatic rings. The average molecular weight is 388 g/mol. The first-order chi connectivity index (χ1) is 5.78. The number of carboxylic acids is 3. The molecular weight excluding hydrogens is 380 g/mol. The number of hydrogen-bond acceptors (Lipinski definition) is 4. The second-order valence-electron chi connectivity index (χ2n) is 2.48. The molecule has 0 fully saturated rings. The predicted octanol–water partition coefficient (Wildman–Crippen LogP) is -16.2. The molecule has 0 radical (unpaired) electrons. The van der Waals surface area contributed by atoms with Crippen molar-refractivity contribution in [2.24, 2.45) is 0 Å². The van der Waals surface area contributed by atoms with E-state index >= 15 is 0 Å². The molecule has 0 aromatic heterocycles. The van der Waals surface area contributed by atoms with Gasteiger partial charge in [-0.1, -0.05) is 0 Å². The zero-order valence-corrected chi connectivity index (χ0v) is 27.0. The molecule has 0 aliphatic rings. The van der Waals surface area contributed by atoms with Gasteiger partial charge in [0.2, 0.25) is 0 Å². The number of aliphatic hydroxyl groups is 1. The van der Waals surface area contributed by atoms with Crippen LogP contribution in [0.15, 0.2) is 0 Å². The molecule has 4 N–H and O–H groups in total. The Labute approximate surface area is 317 Å². The normalized spacial score (nSPS) is 7.83. The molecular formula is C6H8K5O7+5. The number of aliphatic carboxylic acids is 3. The zero-order chi connectivity index (χ0) is 10.6. The van der Waals surface area contributed by atoms with Crippen LogP contribution >= 0.6 is 0 Å². The van der Waals surface area contributed by atoms with Crippen molar-refractivity contribution in [3.8, 4) is 0 Å². The first kappa shape index (κ1) is 39.6. The fourth-order valence-corrected chi connectivity index (χ4v) is 0.714. The summed E-state index contributed by atoms with van der Waals surface area (Å²) in [5, 5.41) is 33.8. The quantitative estimate of drug-likeness (QED) is 0.344. The fraction of sp³-hybridized carbons (Fsp3) is 0.500. The smallest absolute Gasteiger partial charge is 0.481 e. The van der Waals surface area contributed by atoms with Crippen LogP contribution in [-0.4, -0.2) is 43.9 Å². The third-order valence-corrected chi connectivity index (χ3v) is 1.29. The van der Waals surface area contributed by atoms with Crippen LogP contribution in [0.1, 0.15) is 12.8 Å².